The largest absolute Gasteiger partial charge is 0.495 e. The third kappa shape index (κ3) is 3.57. The van der Waals surface area contributed by atoms with Gasteiger partial charge >= 0.3 is 0 Å². The third-order valence-electron chi connectivity index (χ3n) is 5.60. The van der Waals surface area contributed by atoms with Gasteiger partial charge in [0.25, 0.3) is 0 Å². The Morgan fingerprint density at radius 2 is 1.91 bits per heavy atom. The van der Waals surface area contributed by atoms with Gasteiger partial charge in [0.2, 0.25) is 5.75 Å². The van der Waals surface area contributed by atoms with Crippen molar-refractivity contribution in [3.05, 3.63) is 65.4 Å². The van der Waals surface area contributed by atoms with Crippen LogP contribution in [-0.2, 0) is 6.54 Å². The van der Waals surface area contributed by atoms with E-state index in [2.05, 4.69) is 21.9 Å². The van der Waals surface area contributed by atoms with Crippen molar-refractivity contribution in [3.63, 3.8) is 0 Å². The van der Waals surface area contributed by atoms with Gasteiger partial charge in [-0.2, -0.15) is 0 Å². The second kappa shape index (κ2) is 8.03. The Morgan fingerprint density at radius 1 is 1.03 bits per heavy atom. The van der Waals surface area contributed by atoms with Gasteiger partial charge in [0, 0.05) is 23.5 Å². The van der Waals surface area contributed by atoms with Gasteiger partial charge in [-0.25, -0.2) is 9.97 Å². The average molecular weight is 432 g/mol. The number of aromatic nitrogens is 4. The Morgan fingerprint density at radius 3 is 2.69 bits per heavy atom. The molecule has 8 heteroatoms. The second-order valence-corrected chi connectivity index (χ2v) is 7.82. The molecule has 4 heterocycles. The molecule has 164 valence electrons. The summed E-state index contributed by atoms with van der Waals surface area (Å²) in [6.07, 6.45) is 5.07. The molecule has 0 amide bonds. The van der Waals surface area contributed by atoms with E-state index in [-0.39, 0.29) is 6.10 Å². The Labute approximate surface area is 185 Å². The van der Waals surface area contributed by atoms with E-state index in [1.54, 1.807) is 26.7 Å². The average Bonchev–Trinajstić information content (AvgIpc) is 3.20. The number of benzene rings is 1. The predicted octanol–water partition coefficient (Wildman–Crippen LogP) is 4.02. The van der Waals surface area contributed by atoms with E-state index in [1.165, 1.54) is 0 Å². The van der Waals surface area contributed by atoms with Gasteiger partial charge in [0.05, 0.1) is 33.3 Å². The van der Waals surface area contributed by atoms with E-state index in [0.717, 1.165) is 33.5 Å². The van der Waals surface area contributed by atoms with Gasteiger partial charge in [-0.15, -0.1) is 0 Å². The molecule has 0 spiro atoms. The zero-order valence-corrected chi connectivity index (χ0v) is 18.5. The molecule has 0 saturated heterocycles. The number of aryl methyl sites for hydroxylation is 2. The van der Waals surface area contributed by atoms with Crippen molar-refractivity contribution in [2.45, 2.75) is 26.5 Å². The number of hydrogen-bond acceptors (Lipinski definition) is 7. The van der Waals surface area contributed by atoms with Crippen molar-refractivity contribution in [2.24, 2.45) is 0 Å². The van der Waals surface area contributed by atoms with E-state index in [0.29, 0.717) is 36.1 Å². The summed E-state index contributed by atoms with van der Waals surface area (Å²) < 4.78 is 25.3. The fourth-order valence-corrected chi connectivity index (χ4v) is 3.99. The van der Waals surface area contributed by atoms with E-state index >= 15 is 0 Å². The zero-order chi connectivity index (χ0) is 22.2. The number of ether oxygens (including phenoxy) is 4. The number of imidazole rings is 1. The standard InChI is InChI=1S/C24H24N4O4/c1-14-5-15(2)25-10-18(14)22-12-31-21-7-16(6-20(30-4)23(21)32-22)11-28-13-27-19-8-17(29-3)9-26-24(19)28/h5-10,13,22H,11-12H2,1-4H3. The topological polar surface area (TPSA) is 80.5 Å². The summed E-state index contributed by atoms with van der Waals surface area (Å²) in [5.74, 6) is 2.56. The van der Waals surface area contributed by atoms with Crippen molar-refractivity contribution in [2.75, 3.05) is 20.8 Å². The molecule has 0 aliphatic carbocycles. The fraction of sp³-hybridized carbons (Fsp3) is 0.292. The van der Waals surface area contributed by atoms with Crippen LogP contribution in [0.2, 0.25) is 0 Å². The molecule has 32 heavy (non-hydrogen) atoms. The normalized spacial score (nSPS) is 15.1. The fourth-order valence-electron chi connectivity index (χ4n) is 3.99. The van der Waals surface area contributed by atoms with E-state index in [9.17, 15) is 0 Å². The highest BCUT2D eigenvalue weighted by Crippen LogP contribution is 2.44. The maximum Gasteiger partial charge on any atom is 0.204 e. The summed E-state index contributed by atoms with van der Waals surface area (Å²) in [4.78, 5) is 13.3. The van der Waals surface area contributed by atoms with Crippen LogP contribution >= 0.6 is 0 Å². The minimum Gasteiger partial charge on any atom is -0.495 e. The Kier molecular flexibility index (Phi) is 5.05. The SMILES string of the molecule is COc1cnc2c(c1)ncn2Cc1cc(OC)c2c(c1)OCC(c1cnc(C)cc1C)O2. The van der Waals surface area contributed by atoms with E-state index < -0.39 is 0 Å². The number of nitrogens with zero attached hydrogens (tertiary/aromatic N) is 4. The summed E-state index contributed by atoms with van der Waals surface area (Å²) in [5.41, 5.74) is 5.67. The lowest BCUT2D eigenvalue weighted by Crippen LogP contribution is -2.23. The van der Waals surface area contributed by atoms with Gasteiger partial charge in [0.15, 0.2) is 23.3 Å². The molecule has 1 aromatic carbocycles. The molecule has 1 aliphatic rings. The molecule has 1 unspecified atom stereocenters. The molecule has 1 atom stereocenters. The van der Waals surface area contributed by atoms with Crippen LogP contribution in [0.3, 0.4) is 0 Å². The van der Waals surface area contributed by atoms with E-state index in [1.807, 2.05) is 42.0 Å². The first-order chi connectivity index (χ1) is 15.6. The number of rotatable bonds is 5. The molecular weight excluding hydrogens is 408 g/mol. The van der Waals surface area contributed by atoms with Crippen molar-refractivity contribution in [1.82, 2.24) is 19.5 Å². The van der Waals surface area contributed by atoms with Crippen molar-refractivity contribution in [3.8, 4) is 23.0 Å². The molecule has 3 aromatic heterocycles. The van der Waals surface area contributed by atoms with Gasteiger partial charge < -0.3 is 23.5 Å². The molecule has 0 bridgehead atoms. The van der Waals surface area contributed by atoms with Crippen molar-refractivity contribution >= 4 is 11.2 Å². The van der Waals surface area contributed by atoms with Crippen LogP contribution in [0.25, 0.3) is 11.2 Å². The first kappa shape index (κ1) is 20.1. The lowest BCUT2D eigenvalue weighted by atomic mass is 10.0. The highest BCUT2D eigenvalue weighted by atomic mass is 16.6. The molecule has 0 saturated carbocycles. The molecule has 0 fully saturated rings. The van der Waals surface area contributed by atoms with Gasteiger partial charge in [0.1, 0.15) is 17.9 Å². The quantitative estimate of drug-likeness (QED) is 0.471. The Balaban J connectivity index is 1.44. The van der Waals surface area contributed by atoms with Gasteiger partial charge in [-0.05, 0) is 43.2 Å². The first-order valence-electron chi connectivity index (χ1n) is 10.3. The maximum absolute atomic E-state index is 6.31. The summed E-state index contributed by atoms with van der Waals surface area (Å²) in [6, 6.07) is 7.85. The lowest BCUT2D eigenvalue weighted by molar-refractivity contribution is 0.0863. The van der Waals surface area contributed by atoms with Gasteiger partial charge in [-0.3, -0.25) is 4.98 Å². The van der Waals surface area contributed by atoms with Crippen LogP contribution in [0, 0.1) is 13.8 Å². The highest BCUT2D eigenvalue weighted by molar-refractivity contribution is 5.72. The molecular formula is C24H24N4O4. The number of pyridine rings is 2. The van der Waals surface area contributed by atoms with Crippen LogP contribution in [0.4, 0.5) is 0 Å². The van der Waals surface area contributed by atoms with Crippen LogP contribution in [-0.4, -0.2) is 40.3 Å². The third-order valence-corrected chi connectivity index (χ3v) is 5.60. The molecule has 5 rings (SSSR count). The molecule has 0 radical (unpaired) electrons. The van der Waals surface area contributed by atoms with E-state index in [4.69, 9.17) is 18.9 Å². The molecule has 4 aromatic rings. The number of methoxy groups -OCH3 is 2. The monoisotopic (exact) mass is 432 g/mol. The van der Waals surface area contributed by atoms with Crippen LogP contribution < -0.4 is 18.9 Å². The number of hydrogen-bond donors (Lipinski definition) is 0. The first-order valence-corrected chi connectivity index (χ1v) is 10.3. The molecule has 0 N–H and O–H groups in total. The smallest absolute Gasteiger partial charge is 0.204 e. The predicted molar refractivity (Wildman–Crippen MR) is 119 cm³/mol. The van der Waals surface area contributed by atoms with Crippen LogP contribution in [0.5, 0.6) is 23.0 Å². The minimum atomic E-state index is -0.243. The zero-order valence-electron chi connectivity index (χ0n) is 18.5. The Hall–Kier alpha value is -3.81. The van der Waals surface area contributed by atoms with Gasteiger partial charge in [-0.1, -0.05) is 0 Å². The lowest BCUT2D eigenvalue weighted by Gasteiger charge is -2.29. The van der Waals surface area contributed by atoms with Crippen LogP contribution in [0.15, 0.2) is 43.0 Å². The Bertz CT molecular complexity index is 1280. The summed E-state index contributed by atoms with van der Waals surface area (Å²) >= 11 is 0. The number of fused-ring (bicyclic) bond motifs is 2. The summed E-state index contributed by atoms with van der Waals surface area (Å²) in [7, 11) is 3.24. The highest BCUT2D eigenvalue weighted by Gasteiger charge is 2.28. The molecule has 8 nitrogen and oxygen atoms in total. The molecule has 1 aliphatic heterocycles. The van der Waals surface area contributed by atoms with Crippen LogP contribution in [0.1, 0.15) is 28.5 Å². The minimum absolute atomic E-state index is 0.243. The second-order valence-electron chi connectivity index (χ2n) is 7.82. The van der Waals surface area contributed by atoms with Crippen molar-refractivity contribution in [1.29, 1.82) is 0 Å². The van der Waals surface area contributed by atoms with Crippen molar-refractivity contribution < 1.29 is 18.9 Å². The summed E-state index contributed by atoms with van der Waals surface area (Å²) in [6.45, 7) is 5.00. The maximum atomic E-state index is 6.31. The summed E-state index contributed by atoms with van der Waals surface area (Å²) in [5, 5.41) is 0.